The van der Waals surface area contributed by atoms with E-state index in [4.69, 9.17) is 5.73 Å². The van der Waals surface area contributed by atoms with E-state index in [-0.39, 0.29) is 32.9 Å². The second-order valence-electron chi connectivity index (χ2n) is 7.29. The van der Waals surface area contributed by atoms with Crippen LogP contribution in [0.2, 0.25) is 0 Å². The molecule has 2 heterocycles. The first-order valence-corrected chi connectivity index (χ1v) is 10.6. The highest BCUT2D eigenvalue weighted by Crippen LogP contribution is 2.26. The number of carbonyl (C=O) groups is 3. The molecule has 10 heteroatoms. The number of aryl methyl sites for hydroxylation is 1. The number of carboxylic acid groups (broad SMARTS) is 1. The number of nitrogens with two attached hydrogens (primary N) is 1. The van der Waals surface area contributed by atoms with Crippen LogP contribution in [0.25, 0.3) is 21.6 Å². The molecule has 0 aliphatic heterocycles. The van der Waals surface area contributed by atoms with Crippen LogP contribution < -0.4 is 16.6 Å². The number of rotatable bonds is 6. The standard InChI is InChI=1S/C23H18N4O5S/c1-12-5-4-6-13(9-12)20-26-21-18(15(11-33-21)23(31)32)22(30)27(20)10-17(28)25-16-8-3-2-7-14(16)19(24)29/h2-9,11H,10H2,1H3,(H2,24,29)(H,25,28)(H,31,32). The summed E-state index contributed by atoms with van der Waals surface area (Å²) in [5.74, 6) is -2.34. The van der Waals surface area contributed by atoms with E-state index in [1.54, 1.807) is 24.3 Å². The van der Waals surface area contributed by atoms with E-state index in [9.17, 15) is 24.3 Å². The smallest absolute Gasteiger partial charge is 0.337 e. The number of para-hydroxylation sites is 1. The Morgan fingerprint density at radius 1 is 1.12 bits per heavy atom. The third-order valence-electron chi connectivity index (χ3n) is 4.97. The Balaban J connectivity index is 1.84. The lowest BCUT2D eigenvalue weighted by Gasteiger charge is -2.14. The van der Waals surface area contributed by atoms with Gasteiger partial charge < -0.3 is 16.2 Å². The molecule has 0 fully saturated rings. The minimum Gasteiger partial charge on any atom is -0.478 e. The van der Waals surface area contributed by atoms with Crippen LogP contribution in [-0.4, -0.2) is 32.4 Å². The van der Waals surface area contributed by atoms with Crippen LogP contribution in [0, 0.1) is 6.92 Å². The number of hydrogen-bond donors (Lipinski definition) is 3. The predicted molar refractivity (Wildman–Crippen MR) is 125 cm³/mol. The fraction of sp³-hybridized carbons (Fsp3) is 0.0870. The van der Waals surface area contributed by atoms with Crippen molar-refractivity contribution in [3.8, 4) is 11.4 Å². The molecule has 0 bridgehead atoms. The molecule has 33 heavy (non-hydrogen) atoms. The Morgan fingerprint density at radius 3 is 2.58 bits per heavy atom. The Bertz CT molecular complexity index is 1490. The fourth-order valence-corrected chi connectivity index (χ4v) is 4.38. The van der Waals surface area contributed by atoms with Gasteiger partial charge in [0.1, 0.15) is 17.2 Å². The molecular weight excluding hydrogens is 444 g/mol. The SMILES string of the molecule is Cc1cccc(-c2nc3scc(C(=O)O)c3c(=O)n2CC(=O)Nc2ccccc2C(N)=O)c1. The van der Waals surface area contributed by atoms with Crippen molar-refractivity contribution in [2.45, 2.75) is 13.5 Å². The van der Waals surface area contributed by atoms with Crippen LogP contribution in [-0.2, 0) is 11.3 Å². The monoisotopic (exact) mass is 462 g/mol. The van der Waals surface area contributed by atoms with Gasteiger partial charge in [0.25, 0.3) is 11.5 Å². The number of aromatic carboxylic acids is 1. The molecular formula is C23H18N4O5S. The number of hydrogen-bond acceptors (Lipinski definition) is 6. The first kappa shape index (κ1) is 21.9. The van der Waals surface area contributed by atoms with Crippen molar-refractivity contribution in [1.82, 2.24) is 9.55 Å². The summed E-state index contributed by atoms with van der Waals surface area (Å²) in [6, 6.07) is 13.5. The van der Waals surface area contributed by atoms with Gasteiger partial charge in [-0.05, 0) is 25.1 Å². The van der Waals surface area contributed by atoms with Crippen LogP contribution in [0.3, 0.4) is 0 Å². The van der Waals surface area contributed by atoms with Gasteiger partial charge >= 0.3 is 5.97 Å². The van der Waals surface area contributed by atoms with Gasteiger partial charge in [0.2, 0.25) is 5.91 Å². The van der Waals surface area contributed by atoms with Crippen LogP contribution in [0.4, 0.5) is 5.69 Å². The average Bonchev–Trinajstić information content (AvgIpc) is 3.20. The van der Waals surface area contributed by atoms with Crippen LogP contribution in [0.15, 0.2) is 58.7 Å². The lowest BCUT2D eigenvalue weighted by Crippen LogP contribution is -2.30. The summed E-state index contributed by atoms with van der Waals surface area (Å²) in [6.07, 6.45) is 0. The molecule has 2 amide bonds. The molecule has 0 saturated heterocycles. The number of fused-ring (bicyclic) bond motifs is 1. The number of nitrogens with one attached hydrogen (secondary N) is 1. The minimum atomic E-state index is -1.25. The normalized spacial score (nSPS) is 10.8. The van der Waals surface area contributed by atoms with E-state index < -0.39 is 29.9 Å². The summed E-state index contributed by atoms with van der Waals surface area (Å²) in [7, 11) is 0. The molecule has 0 unspecified atom stereocenters. The summed E-state index contributed by atoms with van der Waals surface area (Å²) in [4.78, 5) is 54.3. The maximum atomic E-state index is 13.4. The van der Waals surface area contributed by atoms with Gasteiger partial charge in [-0.2, -0.15) is 0 Å². The number of anilines is 1. The number of amides is 2. The highest BCUT2D eigenvalue weighted by atomic mass is 32.1. The molecule has 4 aromatic rings. The zero-order chi connectivity index (χ0) is 23.7. The van der Waals surface area contributed by atoms with E-state index >= 15 is 0 Å². The van der Waals surface area contributed by atoms with Crippen molar-refractivity contribution >= 4 is 45.0 Å². The number of nitrogens with zero attached hydrogens (tertiary/aromatic N) is 2. The van der Waals surface area contributed by atoms with E-state index in [1.807, 2.05) is 19.1 Å². The molecule has 0 aliphatic rings. The highest BCUT2D eigenvalue weighted by molar-refractivity contribution is 7.17. The Hall–Kier alpha value is -4.31. The number of thiophene rings is 1. The zero-order valence-corrected chi connectivity index (χ0v) is 18.2. The minimum absolute atomic E-state index is 0.0609. The summed E-state index contributed by atoms with van der Waals surface area (Å²) in [6.45, 7) is 1.43. The van der Waals surface area contributed by atoms with Crippen molar-refractivity contribution in [3.63, 3.8) is 0 Å². The molecule has 9 nitrogen and oxygen atoms in total. The number of carboxylic acids is 1. The Labute approximate surface area is 191 Å². The lowest BCUT2D eigenvalue weighted by molar-refractivity contribution is -0.116. The molecule has 2 aromatic heterocycles. The average molecular weight is 462 g/mol. The lowest BCUT2D eigenvalue weighted by atomic mass is 10.1. The van der Waals surface area contributed by atoms with Gasteiger partial charge in [-0.1, -0.05) is 35.9 Å². The topological polar surface area (TPSA) is 144 Å². The van der Waals surface area contributed by atoms with Gasteiger partial charge in [0, 0.05) is 10.9 Å². The van der Waals surface area contributed by atoms with Gasteiger partial charge in [-0.3, -0.25) is 19.0 Å². The van der Waals surface area contributed by atoms with Crippen molar-refractivity contribution in [2.24, 2.45) is 5.73 Å². The molecule has 2 aromatic carbocycles. The van der Waals surface area contributed by atoms with Crippen molar-refractivity contribution < 1.29 is 19.5 Å². The van der Waals surface area contributed by atoms with Gasteiger partial charge in [0.05, 0.1) is 22.2 Å². The van der Waals surface area contributed by atoms with Gasteiger partial charge in [-0.15, -0.1) is 11.3 Å². The molecule has 0 atom stereocenters. The summed E-state index contributed by atoms with van der Waals surface area (Å²) < 4.78 is 1.14. The van der Waals surface area contributed by atoms with Gasteiger partial charge in [0.15, 0.2) is 0 Å². The fourth-order valence-electron chi connectivity index (χ4n) is 3.47. The Morgan fingerprint density at radius 2 is 1.88 bits per heavy atom. The first-order chi connectivity index (χ1) is 15.8. The van der Waals surface area contributed by atoms with E-state index in [1.165, 1.54) is 17.5 Å². The van der Waals surface area contributed by atoms with Gasteiger partial charge in [-0.25, -0.2) is 9.78 Å². The number of benzene rings is 2. The number of aromatic nitrogens is 2. The Kier molecular flexibility index (Phi) is 5.76. The molecule has 166 valence electrons. The number of primary amides is 1. The maximum Gasteiger partial charge on any atom is 0.337 e. The first-order valence-electron chi connectivity index (χ1n) is 9.77. The summed E-state index contributed by atoms with van der Waals surface area (Å²) >= 11 is 1.05. The number of carbonyl (C=O) groups excluding carboxylic acids is 2. The molecule has 0 spiro atoms. The maximum absolute atomic E-state index is 13.4. The van der Waals surface area contributed by atoms with E-state index in [2.05, 4.69) is 10.3 Å². The third-order valence-corrected chi connectivity index (χ3v) is 5.84. The summed E-state index contributed by atoms with van der Waals surface area (Å²) in [5, 5.41) is 13.4. The van der Waals surface area contributed by atoms with E-state index in [0.29, 0.717) is 5.56 Å². The van der Waals surface area contributed by atoms with Crippen molar-refractivity contribution in [1.29, 1.82) is 0 Å². The van der Waals surface area contributed by atoms with Crippen LogP contribution in [0.1, 0.15) is 26.3 Å². The molecule has 0 saturated carbocycles. The van der Waals surface area contributed by atoms with E-state index in [0.717, 1.165) is 21.5 Å². The second-order valence-corrected chi connectivity index (χ2v) is 8.15. The van der Waals surface area contributed by atoms with Crippen LogP contribution in [0.5, 0.6) is 0 Å². The van der Waals surface area contributed by atoms with Crippen LogP contribution >= 0.6 is 11.3 Å². The third kappa shape index (κ3) is 4.23. The predicted octanol–water partition coefficient (Wildman–Crippen LogP) is 2.87. The van der Waals surface area contributed by atoms with Crippen molar-refractivity contribution in [2.75, 3.05) is 5.32 Å². The summed E-state index contributed by atoms with van der Waals surface area (Å²) in [5.41, 5.74) is 6.40. The zero-order valence-electron chi connectivity index (χ0n) is 17.4. The highest BCUT2D eigenvalue weighted by Gasteiger charge is 2.22. The second kappa shape index (κ2) is 8.67. The quantitative estimate of drug-likeness (QED) is 0.402. The molecule has 0 radical (unpaired) electrons. The van der Waals surface area contributed by atoms with Crippen molar-refractivity contribution in [3.05, 3.63) is 81.0 Å². The molecule has 4 rings (SSSR count). The largest absolute Gasteiger partial charge is 0.478 e. The molecule has 4 N–H and O–H groups in total. The molecule has 0 aliphatic carbocycles.